The molecule has 0 aliphatic carbocycles. The quantitative estimate of drug-likeness (QED) is 0.873. The van der Waals surface area contributed by atoms with E-state index in [1.54, 1.807) is 0 Å². The minimum atomic E-state index is 0.00242. The van der Waals surface area contributed by atoms with E-state index in [4.69, 9.17) is 9.47 Å². The number of aryl methyl sites for hydroxylation is 1. The number of hydrogen-bond donors (Lipinski definition) is 1. The van der Waals surface area contributed by atoms with Gasteiger partial charge in [-0.25, -0.2) is 0 Å². The van der Waals surface area contributed by atoms with Gasteiger partial charge in [-0.3, -0.25) is 0 Å². The summed E-state index contributed by atoms with van der Waals surface area (Å²) in [6.07, 6.45) is 0.106. The number of ether oxygens (including phenoxy) is 2. The van der Waals surface area contributed by atoms with Gasteiger partial charge in [-0.15, -0.1) is 0 Å². The molecule has 0 aromatic heterocycles. The summed E-state index contributed by atoms with van der Waals surface area (Å²) in [4.78, 5) is 2.24. The van der Waals surface area contributed by atoms with Crippen LogP contribution in [0, 0.1) is 6.92 Å². The Morgan fingerprint density at radius 1 is 1.50 bits per heavy atom. The predicted molar refractivity (Wildman–Crippen MR) is 69.8 cm³/mol. The maximum Gasteiger partial charge on any atom is 0.127 e. The van der Waals surface area contributed by atoms with Crippen LogP contribution < -0.4 is 4.74 Å². The molecule has 100 valence electrons. The molecule has 1 N–H and O–H groups in total. The van der Waals surface area contributed by atoms with Crippen LogP contribution >= 0.6 is 0 Å². The van der Waals surface area contributed by atoms with Crippen LogP contribution in [0.1, 0.15) is 11.1 Å². The van der Waals surface area contributed by atoms with Crippen LogP contribution in [0.4, 0.5) is 0 Å². The van der Waals surface area contributed by atoms with Crippen LogP contribution in [0.25, 0.3) is 0 Å². The van der Waals surface area contributed by atoms with Crippen molar-refractivity contribution in [3.05, 3.63) is 29.3 Å². The highest BCUT2D eigenvalue weighted by molar-refractivity contribution is 5.40. The molecule has 1 heterocycles. The lowest BCUT2D eigenvalue weighted by atomic mass is 10.1. The number of rotatable bonds is 4. The maximum atomic E-state index is 9.30. The van der Waals surface area contributed by atoms with E-state index in [1.807, 2.05) is 25.1 Å². The Morgan fingerprint density at radius 3 is 3.06 bits per heavy atom. The Kier molecular flexibility index (Phi) is 4.58. The number of hydrogen-bond acceptors (Lipinski definition) is 4. The third kappa shape index (κ3) is 3.22. The molecule has 1 aromatic rings. The molecule has 2 rings (SSSR count). The number of benzene rings is 1. The van der Waals surface area contributed by atoms with Gasteiger partial charge in [-0.05, 0) is 19.5 Å². The normalized spacial score (nSPS) is 20.9. The van der Waals surface area contributed by atoms with E-state index in [2.05, 4.69) is 11.9 Å². The van der Waals surface area contributed by atoms with Gasteiger partial charge in [0.25, 0.3) is 0 Å². The number of para-hydroxylation sites is 1. The monoisotopic (exact) mass is 251 g/mol. The molecule has 4 heteroatoms. The molecule has 0 amide bonds. The molecule has 0 spiro atoms. The summed E-state index contributed by atoms with van der Waals surface area (Å²) in [6.45, 7) is 5.14. The number of likely N-dealkylation sites (N-methyl/N-ethyl adjacent to an activating group) is 1. The van der Waals surface area contributed by atoms with E-state index in [0.29, 0.717) is 6.61 Å². The Bertz CT molecular complexity index is 395. The average Bonchev–Trinajstić information content (AvgIpc) is 2.37. The van der Waals surface area contributed by atoms with Crippen molar-refractivity contribution in [3.8, 4) is 5.75 Å². The van der Waals surface area contributed by atoms with Crippen LogP contribution in [0.15, 0.2) is 18.2 Å². The summed E-state index contributed by atoms with van der Waals surface area (Å²) >= 11 is 0. The van der Waals surface area contributed by atoms with E-state index >= 15 is 0 Å². The number of morpholine rings is 1. The van der Waals surface area contributed by atoms with E-state index < -0.39 is 0 Å². The standard InChI is InChI=1S/C14H21NO3/c1-11-4-3-5-12(9-16)14(11)18-10-13-8-15(2)6-7-17-13/h3-5,13,16H,6-10H2,1-2H3. The first-order valence-electron chi connectivity index (χ1n) is 6.33. The maximum absolute atomic E-state index is 9.30. The first-order chi connectivity index (χ1) is 8.70. The molecule has 4 nitrogen and oxygen atoms in total. The van der Waals surface area contributed by atoms with Crippen molar-refractivity contribution in [3.63, 3.8) is 0 Å². The van der Waals surface area contributed by atoms with Crippen LogP contribution in [0.3, 0.4) is 0 Å². The van der Waals surface area contributed by atoms with Crippen molar-refractivity contribution in [1.82, 2.24) is 4.90 Å². The molecule has 0 saturated carbocycles. The average molecular weight is 251 g/mol. The smallest absolute Gasteiger partial charge is 0.127 e. The van der Waals surface area contributed by atoms with Crippen LogP contribution in [-0.2, 0) is 11.3 Å². The number of aliphatic hydroxyl groups is 1. The molecule has 0 radical (unpaired) electrons. The van der Waals surface area contributed by atoms with Crippen molar-refractivity contribution in [2.24, 2.45) is 0 Å². The molecule has 1 atom stereocenters. The Hall–Kier alpha value is -1.10. The van der Waals surface area contributed by atoms with Crippen molar-refractivity contribution >= 4 is 0 Å². The molecule has 1 aliphatic rings. The van der Waals surface area contributed by atoms with Crippen LogP contribution in [0.2, 0.25) is 0 Å². The molecule has 1 aromatic carbocycles. The van der Waals surface area contributed by atoms with Crippen molar-refractivity contribution < 1.29 is 14.6 Å². The van der Waals surface area contributed by atoms with Gasteiger partial charge < -0.3 is 19.5 Å². The van der Waals surface area contributed by atoms with Gasteiger partial charge in [-0.1, -0.05) is 18.2 Å². The number of aliphatic hydroxyl groups excluding tert-OH is 1. The van der Waals surface area contributed by atoms with Gasteiger partial charge in [0.2, 0.25) is 0 Å². The minimum absolute atomic E-state index is 0.00242. The SMILES string of the molecule is Cc1cccc(CO)c1OCC1CN(C)CCO1. The molecule has 1 saturated heterocycles. The molecule has 18 heavy (non-hydrogen) atoms. The second kappa shape index (κ2) is 6.18. The molecule has 0 bridgehead atoms. The van der Waals surface area contributed by atoms with Gasteiger partial charge in [0.15, 0.2) is 0 Å². The lowest BCUT2D eigenvalue weighted by Crippen LogP contribution is -2.42. The summed E-state index contributed by atoms with van der Waals surface area (Å²) in [5.41, 5.74) is 1.88. The second-order valence-corrected chi connectivity index (χ2v) is 4.79. The Morgan fingerprint density at radius 2 is 2.33 bits per heavy atom. The largest absolute Gasteiger partial charge is 0.490 e. The lowest BCUT2D eigenvalue weighted by Gasteiger charge is -2.30. The Labute approximate surface area is 108 Å². The summed E-state index contributed by atoms with van der Waals surface area (Å²) in [6, 6.07) is 5.80. The molecular weight excluding hydrogens is 230 g/mol. The predicted octanol–water partition coefficient (Wildman–Crippen LogP) is 1.20. The van der Waals surface area contributed by atoms with E-state index in [-0.39, 0.29) is 12.7 Å². The minimum Gasteiger partial charge on any atom is -0.490 e. The fraction of sp³-hybridized carbons (Fsp3) is 0.571. The van der Waals surface area contributed by atoms with Gasteiger partial charge in [0.1, 0.15) is 18.5 Å². The van der Waals surface area contributed by atoms with E-state index in [0.717, 1.165) is 36.6 Å². The van der Waals surface area contributed by atoms with Gasteiger partial charge in [-0.2, -0.15) is 0 Å². The summed E-state index contributed by atoms with van der Waals surface area (Å²) in [5.74, 6) is 0.789. The zero-order valence-electron chi connectivity index (χ0n) is 11.1. The summed E-state index contributed by atoms with van der Waals surface area (Å²) < 4.78 is 11.5. The topological polar surface area (TPSA) is 41.9 Å². The highest BCUT2D eigenvalue weighted by Crippen LogP contribution is 2.23. The molecule has 1 fully saturated rings. The molecular formula is C14H21NO3. The summed E-state index contributed by atoms with van der Waals surface area (Å²) in [7, 11) is 2.09. The van der Waals surface area contributed by atoms with Gasteiger partial charge in [0, 0.05) is 18.7 Å². The lowest BCUT2D eigenvalue weighted by molar-refractivity contribution is -0.0406. The third-order valence-electron chi connectivity index (χ3n) is 3.22. The zero-order chi connectivity index (χ0) is 13.0. The zero-order valence-corrected chi connectivity index (χ0v) is 11.1. The van der Waals surface area contributed by atoms with Crippen molar-refractivity contribution in [2.45, 2.75) is 19.6 Å². The van der Waals surface area contributed by atoms with Crippen molar-refractivity contribution in [2.75, 3.05) is 33.4 Å². The second-order valence-electron chi connectivity index (χ2n) is 4.79. The first-order valence-corrected chi connectivity index (χ1v) is 6.33. The highest BCUT2D eigenvalue weighted by atomic mass is 16.5. The van der Waals surface area contributed by atoms with Crippen LogP contribution in [0.5, 0.6) is 5.75 Å². The molecule has 1 aliphatic heterocycles. The van der Waals surface area contributed by atoms with Crippen molar-refractivity contribution in [1.29, 1.82) is 0 Å². The van der Waals surface area contributed by atoms with Gasteiger partial charge >= 0.3 is 0 Å². The first kappa shape index (κ1) is 13.3. The summed E-state index contributed by atoms with van der Waals surface area (Å²) in [5, 5.41) is 9.30. The fourth-order valence-electron chi connectivity index (χ4n) is 2.19. The fourth-order valence-corrected chi connectivity index (χ4v) is 2.19. The highest BCUT2D eigenvalue weighted by Gasteiger charge is 2.19. The van der Waals surface area contributed by atoms with E-state index in [9.17, 15) is 5.11 Å². The third-order valence-corrected chi connectivity index (χ3v) is 3.22. The number of nitrogens with zero attached hydrogens (tertiary/aromatic N) is 1. The van der Waals surface area contributed by atoms with Crippen LogP contribution in [-0.4, -0.2) is 49.5 Å². The Balaban J connectivity index is 1.97. The van der Waals surface area contributed by atoms with E-state index in [1.165, 1.54) is 0 Å². The van der Waals surface area contributed by atoms with Gasteiger partial charge in [0.05, 0.1) is 13.2 Å². The molecule has 1 unspecified atom stereocenters.